The van der Waals surface area contributed by atoms with Gasteiger partial charge in [0.25, 0.3) is 5.91 Å². The van der Waals surface area contributed by atoms with E-state index in [2.05, 4.69) is 10.6 Å². The third-order valence-corrected chi connectivity index (χ3v) is 6.73. The molecule has 170 valence electrons. The SMILES string of the molecule is CC[C@H](C)[C@H](NC(=O)CN1C(=O)NC(c2cccs2)(C2CC2)C1=O)C(=O)OC(C)(C)C. The summed E-state index contributed by atoms with van der Waals surface area (Å²) in [6.45, 7) is 8.59. The fourth-order valence-electron chi connectivity index (χ4n) is 3.80. The van der Waals surface area contributed by atoms with Crippen LogP contribution in [0.4, 0.5) is 4.79 Å². The highest BCUT2D eigenvalue weighted by molar-refractivity contribution is 7.10. The number of nitrogens with one attached hydrogen (secondary N) is 2. The van der Waals surface area contributed by atoms with Crippen LogP contribution in [0.15, 0.2) is 17.5 Å². The fourth-order valence-corrected chi connectivity index (χ4v) is 4.75. The molecule has 31 heavy (non-hydrogen) atoms. The van der Waals surface area contributed by atoms with Gasteiger partial charge < -0.3 is 15.4 Å². The van der Waals surface area contributed by atoms with Crippen molar-refractivity contribution in [2.75, 3.05) is 6.54 Å². The molecule has 3 atom stereocenters. The Labute approximate surface area is 186 Å². The van der Waals surface area contributed by atoms with Gasteiger partial charge in [-0.15, -0.1) is 11.3 Å². The van der Waals surface area contributed by atoms with Crippen molar-refractivity contribution < 1.29 is 23.9 Å². The van der Waals surface area contributed by atoms with Crippen LogP contribution < -0.4 is 10.6 Å². The highest BCUT2D eigenvalue weighted by atomic mass is 32.1. The highest BCUT2D eigenvalue weighted by Gasteiger charge is 2.61. The predicted molar refractivity (Wildman–Crippen MR) is 116 cm³/mol. The lowest BCUT2D eigenvalue weighted by Crippen LogP contribution is -2.51. The summed E-state index contributed by atoms with van der Waals surface area (Å²) in [4.78, 5) is 53.2. The summed E-state index contributed by atoms with van der Waals surface area (Å²) >= 11 is 1.42. The van der Waals surface area contributed by atoms with E-state index in [0.717, 1.165) is 22.6 Å². The number of rotatable bonds is 8. The van der Waals surface area contributed by atoms with E-state index in [9.17, 15) is 19.2 Å². The smallest absolute Gasteiger partial charge is 0.329 e. The first kappa shape index (κ1) is 23.2. The molecule has 1 saturated heterocycles. The third kappa shape index (κ3) is 4.76. The molecule has 9 heteroatoms. The maximum absolute atomic E-state index is 13.3. The number of nitrogens with zero attached hydrogens (tertiary/aromatic N) is 1. The predicted octanol–water partition coefficient (Wildman–Crippen LogP) is 2.78. The van der Waals surface area contributed by atoms with Crippen molar-refractivity contribution in [1.29, 1.82) is 0 Å². The monoisotopic (exact) mass is 449 g/mol. The minimum Gasteiger partial charge on any atom is -0.458 e. The highest BCUT2D eigenvalue weighted by Crippen LogP contribution is 2.50. The summed E-state index contributed by atoms with van der Waals surface area (Å²) in [7, 11) is 0. The first-order valence-electron chi connectivity index (χ1n) is 10.7. The summed E-state index contributed by atoms with van der Waals surface area (Å²) in [6.07, 6.45) is 2.34. The standard InChI is InChI=1S/C22H31N3O5S/c1-6-13(2)17(18(27)30-21(3,4)5)23-16(26)12-25-19(28)22(14-9-10-14,24-20(25)29)15-8-7-11-31-15/h7-8,11,13-14,17H,6,9-10,12H2,1-5H3,(H,23,26)(H,24,29)/t13-,17-,22?/m0/s1. The molecule has 0 bridgehead atoms. The fraction of sp³-hybridized carbons (Fsp3) is 0.636. The van der Waals surface area contributed by atoms with Crippen molar-refractivity contribution >= 4 is 35.2 Å². The van der Waals surface area contributed by atoms with Crippen molar-refractivity contribution in [2.45, 2.75) is 71.1 Å². The van der Waals surface area contributed by atoms with Gasteiger partial charge in [-0.3, -0.25) is 14.5 Å². The van der Waals surface area contributed by atoms with Gasteiger partial charge >= 0.3 is 12.0 Å². The Balaban J connectivity index is 1.74. The first-order chi connectivity index (χ1) is 14.5. The lowest BCUT2D eigenvalue weighted by Gasteiger charge is -2.28. The number of carbonyl (C=O) groups is 4. The summed E-state index contributed by atoms with van der Waals surface area (Å²) in [6, 6.07) is 2.24. The van der Waals surface area contributed by atoms with E-state index in [1.165, 1.54) is 11.3 Å². The summed E-state index contributed by atoms with van der Waals surface area (Å²) in [5, 5.41) is 7.40. The Morgan fingerprint density at radius 1 is 1.35 bits per heavy atom. The van der Waals surface area contributed by atoms with Gasteiger partial charge in [0.1, 0.15) is 18.2 Å². The number of hydrogen-bond acceptors (Lipinski definition) is 6. The zero-order valence-corrected chi connectivity index (χ0v) is 19.5. The molecule has 2 aliphatic rings. The van der Waals surface area contributed by atoms with Crippen LogP contribution in [-0.4, -0.2) is 46.9 Å². The van der Waals surface area contributed by atoms with E-state index in [1.807, 2.05) is 31.4 Å². The van der Waals surface area contributed by atoms with E-state index in [4.69, 9.17) is 4.74 Å². The molecule has 3 rings (SSSR count). The number of amides is 4. The maximum atomic E-state index is 13.3. The Hall–Kier alpha value is -2.42. The molecule has 0 radical (unpaired) electrons. The van der Waals surface area contributed by atoms with Gasteiger partial charge in [0.05, 0.1) is 0 Å². The molecule has 1 aromatic heterocycles. The molecule has 1 aliphatic carbocycles. The molecule has 8 nitrogen and oxygen atoms in total. The maximum Gasteiger partial charge on any atom is 0.329 e. The van der Waals surface area contributed by atoms with Crippen molar-refractivity contribution in [1.82, 2.24) is 15.5 Å². The largest absolute Gasteiger partial charge is 0.458 e. The van der Waals surface area contributed by atoms with Crippen LogP contribution in [0.25, 0.3) is 0 Å². The van der Waals surface area contributed by atoms with E-state index < -0.39 is 47.5 Å². The molecule has 1 unspecified atom stereocenters. The Bertz CT molecular complexity index is 859. The average Bonchev–Trinajstić information content (AvgIpc) is 3.33. The molecule has 1 aromatic rings. The van der Waals surface area contributed by atoms with Crippen LogP contribution in [0.5, 0.6) is 0 Å². The van der Waals surface area contributed by atoms with Gasteiger partial charge in [-0.2, -0.15) is 0 Å². The lowest BCUT2D eigenvalue weighted by molar-refractivity contribution is -0.160. The minimum atomic E-state index is -1.09. The van der Waals surface area contributed by atoms with Crippen LogP contribution in [0, 0.1) is 11.8 Å². The zero-order valence-electron chi connectivity index (χ0n) is 18.7. The number of thiophene rings is 1. The number of carbonyl (C=O) groups excluding carboxylic acids is 4. The van der Waals surface area contributed by atoms with Gasteiger partial charge in [0.15, 0.2) is 5.54 Å². The van der Waals surface area contributed by atoms with E-state index in [1.54, 1.807) is 20.8 Å². The number of ether oxygens (including phenoxy) is 1. The van der Waals surface area contributed by atoms with E-state index in [0.29, 0.717) is 6.42 Å². The second kappa shape index (κ2) is 8.61. The molecule has 4 amide bonds. The molecule has 2 fully saturated rings. The van der Waals surface area contributed by atoms with Gasteiger partial charge in [-0.1, -0.05) is 26.3 Å². The zero-order chi connectivity index (χ0) is 23.0. The number of hydrogen-bond donors (Lipinski definition) is 2. The molecule has 0 spiro atoms. The molecular formula is C22H31N3O5S. The van der Waals surface area contributed by atoms with Crippen molar-refractivity contribution in [3.05, 3.63) is 22.4 Å². The summed E-state index contributed by atoms with van der Waals surface area (Å²) < 4.78 is 5.45. The molecule has 2 heterocycles. The van der Waals surface area contributed by atoms with Crippen molar-refractivity contribution in [3.63, 3.8) is 0 Å². The second-order valence-corrected chi connectivity index (χ2v) is 10.3. The van der Waals surface area contributed by atoms with Crippen molar-refractivity contribution in [2.24, 2.45) is 11.8 Å². The molecule has 2 N–H and O–H groups in total. The molecular weight excluding hydrogens is 418 g/mol. The Morgan fingerprint density at radius 3 is 2.55 bits per heavy atom. The van der Waals surface area contributed by atoms with Crippen LogP contribution in [0.1, 0.15) is 58.8 Å². The van der Waals surface area contributed by atoms with E-state index >= 15 is 0 Å². The van der Waals surface area contributed by atoms with E-state index in [-0.39, 0.29) is 11.8 Å². The minimum absolute atomic E-state index is 0.0327. The quantitative estimate of drug-likeness (QED) is 0.469. The van der Waals surface area contributed by atoms with Gasteiger partial charge in [0, 0.05) is 4.88 Å². The van der Waals surface area contributed by atoms with Crippen LogP contribution in [-0.2, 0) is 24.7 Å². The summed E-state index contributed by atoms with van der Waals surface area (Å²) in [5.41, 5.74) is -1.78. The average molecular weight is 450 g/mol. The van der Waals surface area contributed by atoms with Crippen molar-refractivity contribution in [3.8, 4) is 0 Å². The Kier molecular flexibility index (Phi) is 6.45. The molecule has 1 saturated carbocycles. The Morgan fingerprint density at radius 2 is 2.03 bits per heavy atom. The van der Waals surface area contributed by atoms with Crippen LogP contribution in [0.3, 0.4) is 0 Å². The summed E-state index contributed by atoms with van der Waals surface area (Å²) in [5.74, 6) is -1.64. The lowest BCUT2D eigenvalue weighted by atomic mass is 9.91. The van der Waals surface area contributed by atoms with Crippen LogP contribution >= 0.6 is 11.3 Å². The van der Waals surface area contributed by atoms with Crippen LogP contribution in [0.2, 0.25) is 0 Å². The van der Waals surface area contributed by atoms with Gasteiger partial charge in [-0.25, -0.2) is 9.59 Å². The third-order valence-electron chi connectivity index (χ3n) is 5.72. The molecule has 0 aromatic carbocycles. The van der Waals surface area contributed by atoms with Gasteiger partial charge in [-0.05, 0) is 56.9 Å². The number of esters is 1. The molecule has 1 aliphatic heterocycles. The second-order valence-electron chi connectivity index (χ2n) is 9.35. The number of urea groups is 1. The normalized spacial score (nSPS) is 23.3. The van der Waals surface area contributed by atoms with Gasteiger partial charge in [0.2, 0.25) is 5.91 Å². The number of imide groups is 1. The first-order valence-corrected chi connectivity index (χ1v) is 11.6. The topological polar surface area (TPSA) is 105 Å².